The molecule has 0 spiro atoms. The Morgan fingerprint density at radius 1 is 0.900 bits per heavy atom. The number of carbonyl (C=O) groups excluding carboxylic acids is 3. The maximum atomic E-state index is 12.2. The van der Waals surface area contributed by atoms with E-state index in [1.807, 2.05) is 20.8 Å². The number of aryl methyl sites for hydroxylation is 3. The summed E-state index contributed by atoms with van der Waals surface area (Å²) in [5.74, 6) is 0.756. The molecule has 0 heterocycles. The number of anilines is 2. The van der Waals surface area contributed by atoms with Gasteiger partial charge in [0.25, 0.3) is 5.91 Å². The molecule has 2 aromatic rings. The van der Waals surface area contributed by atoms with E-state index >= 15 is 0 Å². The molecule has 0 atom stereocenters. The molecule has 7 heteroatoms. The van der Waals surface area contributed by atoms with E-state index < -0.39 is 0 Å². The van der Waals surface area contributed by atoms with Crippen LogP contribution in [0.1, 0.15) is 39.9 Å². The van der Waals surface area contributed by atoms with Gasteiger partial charge in [-0.05, 0) is 68.3 Å². The van der Waals surface area contributed by atoms with Crippen molar-refractivity contribution in [1.82, 2.24) is 5.32 Å². The summed E-state index contributed by atoms with van der Waals surface area (Å²) in [4.78, 5) is 35.8. The monoisotopic (exact) mass is 427 g/mol. The summed E-state index contributed by atoms with van der Waals surface area (Å²) < 4.78 is 0. The van der Waals surface area contributed by atoms with Gasteiger partial charge >= 0.3 is 0 Å². The molecular weight excluding hydrogens is 398 g/mol. The van der Waals surface area contributed by atoms with Crippen molar-refractivity contribution < 1.29 is 14.4 Å². The van der Waals surface area contributed by atoms with E-state index in [1.54, 1.807) is 31.3 Å². The fourth-order valence-corrected chi connectivity index (χ4v) is 3.88. The minimum atomic E-state index is -0.167. The third-order valence-electron chi connectivity index (χ3n) is 4.53. The van der Waals surface area contributed by atoms with Gasteiger partial charge in [-0.2, -0.15) is 11.8 Å². The van der Waals surface area contributed by atoms with Crippen LogP contribution < -0.4 is 16.0 Å². The van der Waals surface area contributed by atoms with Crippen molar-refractivity contribution in [2.75, 3.05) is 29.2 Å². The number of nitrogens with one attached hydrogen (secondary N) is 3. The SMILES string of the molecule is CNC(=O)c1ccc(NC(=O)CSCCCC(=O)Nc2c(C)cc(C)cc2C)cc1. The number of thioether (sulfide) groups is 1. The summed E-state index contributed by atoms with van der Waals surface area (Å²) in [5, 5.41) is 8.36. The highest BCUT2D eigenvalue weighted by molar-refractivity contribution is 7.99. The lowest BCUT2D eigenvalue weighted by molar-refractivity contribution is -0.116. The standard InChI is InChI=1S/C23H29N3O3S/c1-15-12-16(2)22(17(3)13-15)26-20(27)6-5-11-30-14-21(28)25-19-9-7-18(8-10-19)23(29)24-4/h7-10,12-13H,5-6,11,14H2,1-4H3,(H,24,29)(H,25,28)(H,26,27). The van der Waals surface area contributed by atoms with Gasteiger partial charge in [0.2, 0.25) is 11.8 Å². The summed E-state index contributed by atoms with van der Waals surface area (Å²) in [7, 11) is 1.57. The van der Waals surface area contributed by atoms with Crippen LogP contribution in [0, 0.1) is 20.8 Å². The molecule has 0 aromatic heterocycles. The van der Waals surface area contributed by atoms with Gasteiger partial charge in [0, 0.05) is 30.4 Å². The van der Waals surface area contributed by atoms with Crippen molar-refractivity contribution in [2.24, 2.45) is 0 Å². The average Bonchev–Trinajstić information content (AvgIpc) is 2.70. The zero-order valence-corrected chi connectivity index (χ0v) is 18.7. The van der Waals surface area contributed by atoms with Gasteiger partial charge in [-0.3, -0.25) is 14.4 Å². The predicted octanol–water partition coefficient (Wildman–Crippen LogP) is 4.06. The molecule has 0 aliphatic carbocycles. The highest BCUT2D eigenvalue weighted by atomic mass is 32.2. The van der Waals surface area contributed by atoms with Crippen molar-refractivity contribution in [1.29, 1.82) is 0 Å². The van der Waals surface area contributed by atoms with E-state index in [2.05, 4.69) is 28.1 Å². The molecule has 3 N–H and O–H groups in total. The molecule has 0 radical (unpaired) electrons. The van der Waals surface area contributed by atoms with Crippen molar-refractivity contribution in [3.05, 3.63) is 58.7 Å². The van der Waals surface area contributed by atoms with E-state index in [0.717, 1.165) is 22.6 Å². The van der Waals surface area contributed by atoms with E-state index in [9.17, 15) is 14.4 Å². The van der Waals surface area contributed by atoms with Crippen molar-refractivity contribution in [2.45, 2.75) is 33.6 Å². The van der Waals surface area contributed by atoms with Gasteiger partial charge in [0.1, 0.15) is 0 Å². The van der Waals surface area contributed by atoms with Crippen LogP contribution in [0.4, 0.5) is 11.4 Å². The molecule has 0 saturated heterocycles. The quantitative estimate of drug-likeness (QED) is 0.527. The Kier molecular flexibility index (Phi) is 8.92. The van der Waals surface area contributed by atoms with Gasteiger partial charge in [-0.15, -0.1) is 0 Å². The Balaban J connectivity index is 1.67. The van der Waals surface area contributed by atoms with Crippen LogP contribution in [-0.2, 0) is 9.59 Å². The number of hydrogen-bond acceptors (Lipinski definition) is 4. The molecule has 0 saturated carbocycles. The van der Waals surface area contributed by atoms with E-state index in [4.69, 9.17) is 0 Å². The molecule has 30 heavy (non-hydrogen) atoms. The third kappa shape index (κ3) is 7.22. The van der Waals surface area contributed by atoms with E-state index in [-0.39, 0.29) is 17.7 Å². The summed E-state index contributed by atoms with van der Waals surface area (Å²) in [6.45, 7) is 6.03. The maximum absolute atomic E-state index is 12.2. The second-order valence-electron chi connectivity index (χ2n) is 7.18. The van der Waals surface area contributed by atoms with E-state index in [0.29, 0.717) is 29.8 Å². The van der Waals surface area contributed by atoms with Gasteiger partial charge in [-0.25, -0.2) is 0 Å². The van der Waals surface area contributed by atoms with E-state index in [1.165, 1.54) is 17.3 Å². The number of benzene rings is 2. The number of amides is 3. The highest BCUT2D eigenvalue weighted by Gasteiger charge is 2.09. The lowest BCUT2D eigenvalue weighted by atomic mass is 10.0. The van der Waals surface area contributed by atoms with Gasteiger partial charge in [0.05, 0.1) is 5.75 Å². The fourth-order valence-electron chi connectivity index (χ4n) is 3.13. The van der Waals surface area contributed by atoms with Gasteiger partial charge < -0.3 is 16.0 Å². The number of rotatable bonds is 9. The molecule has 0 bridgehead atoms. The average molecular weight is 428 g/mol. The first-order valence-electron chi connectivity index (χ1n) is 9.87. The summed E-state index contributed by atoms with van der Waals surface area (Å²) in [6.07, 6.45) is 1.12. The molecule has 6 nitrogen and oxygen atoms in total. The molecule has 2 aromatic carbocycles. The molecule has 0 aliphatic heterocycles. The second kappa shape index (κ2) is 11.4. The molecule has 2 rings (SSSR count). The smallest absolute Gasteiger partial charge is 0.251 e. The Labute approximate surface area is 182 Å². The number of hydrogen-bond donors (Lipinski definition) is 3. The molecule has 0 aliphatic rings. The van der Waals surface area contributed by atoms with Crippen molar-refractivity contribution in [3.63, 3.8) is 0 Å². The lowest BCUT2D eigenvalue weighted by Crippen LogP contribution is -2.18. The topological polar surface area (TPSA) is 87.3 Å². The Morgan fingerprint density at radius 3 is 2.13 bits per heavy atom. The zero-order valence-electron chi connectivity index (χ0n) is 17.9. The van der Waals surface area contributed by atoms with Crippen LogP contribution >= 0.6 is 11.8 Å². The minimum Gasteiger partial charge on any atom is -0.355 e. The second-order valence-corrected chi connectivity index (χ2v) is 8.29. The maximum Gasteiger partial charge on any atom is 0.251 e. The van der Waals surface area contributed by atoms with Crippen LogP contribution in [0.5, 0.6) is 0 Å². The van der Waals surface area contributed by atoms with Crippen molar-refractivity contribution >= 4 is 40.9 Å². The van der Waals surface area contributed by atoms with Gasteiger partial charge in [-0.1, -0.05) is 17.7 Å². The Morgan fingerprint density at radius 2 is 1.53 bits per heavy atom. The fraction of sp³-hybridized carbons (Fsp3) is 0.348. The summed E-state index contributed by atoms with van der Waals surface area (Å²) in [6, 6.07) is 10.8. The lowest BCUT2D eigenvalue weighted by Gasteiger charge is -2.12. The van der Waals surface area contributed by atoms with Crippen LogP contribution in [0.3, 0.4) is 0 Å². The molecular formula is C23H29N3O3S. The summed E-state index contributed by atoms with van der Waals surface area (Å²) >= 11 is 1.49. The predicted molar refractivity (Wildman–Crippen MR) is 124 cm³/mol. The third-order valence-corrected chi connectivity index (χ3v) is 5.57. The normalized spacial score (nSPS) is 10.4. The van der Waals surface area contributed by atoms with Crippen LogP contribution in [-0.4, -0.2) is 36.3 Å². The molecule has 3 amide bonds. The number of carbonyl (C=O) groups is 3. The summed E-state index contributed by atoms with van der Waals surface area (Å²) in [5.41, 5.74) is 5.39. The van der Waals surface area contributed by atoms with Crippen molar-refractivity contribution in [3.8, 4) is 0 Å². The minimum absolute atomic E-state index is 0.00805. The van der Waals surface area contributed by atoms with Crippen LogP contribution in [0.15, 0.2) is 36.4 Å². The van der Waals surface area contributed by atoms with Crippen LogP contribution in [0.25, 0.3) is 0 Å². The Hall–Kier alpha value is -2.80. The molecule has 0 fully saturated rings. The Bertz CT molecular complexity index is 887. The van der Waals surface area contributed by atoms with Crippen LogP contribution in [0.2, 0.25) is 0 Å². The highest BCUT2D eigenvalue weighted by Crippen LogP contribution is 2.22. The molecule has 0 unspecified atom stereocenters. The first-order chi connectivity index (χ1) is 14.3. The largest absolute Gasteiger partial charge is 0.355 e. The first-order valence-corrected chi connectivity index (χ1v) is 11.0. The molecule has 160 valence electrons. The van der Waals surface area contributed by atoms with Gasteiger partial charge in [0.15, 0.2) is 0 Å². The zero-order chi connectivity index (χ0) is 22.1. The first kappa shape index (κ1) is 23.5.